The Balaban J connectivity index is 2.08. The lowest BCUT2D eigenvalue weighted by molar-refractivity contribution is 0.0514. The molecule has 0 spiro atoms. The van der Waals surface area contributed by atoms with Crippen LogP contribution in [0.3, 0.4) is 0 Å². The van der Waals surface area contributed by atoms with E-state index in [1.54, 1.807) is 14.2 Å². The maximum absolute atomic E-state index is 5.84. The molecule has 0 atom stereocenters. The Morgan fingerprint density at radius 1 is 0.692 bits per heavy atom. The van der Waals surface area contributed by atoms with Crippen LogP contribution < -0.4 is 9.47 Å². The van der Waals surface area contributed by atoms with Gasteiger partial charge in [0.05, 0.1) is 12.7 Å². The minimum Gasteiger partial charge on any atom is -0.496 e. The van der Waals surface area contributed by atoms with Crippen LogP contribution in [0, 0.1) is 0 Å². The Bertz CT molecular complexity index is 1070. The van der Waals surface area contributed by atoms with E-state index >= 15 is 0 Å². The summed E-state index contributed by atoms with van der Waals surface area (Å²) in [7, 11) is 3.30. The summed E-state index contributed by atoms with van der Waals surface area (Å²) in [6, 6.07) is 24.9. The van der Waals surface area contributed by atoms with Crippen molar-refractivity contribution in [1.82, 2.24) is 0 Å². The van der Waals surface area contributed by atoms with Gasteiger partial charge in [0.2, 0.25) is 0 Å². The molecule has 0 bridgehead atoms. The van der Waals surface area contributed by atoms with Crippen LogP contribution in [-0.2, 0) is 4.74 Å². The standard InChI is InChI=1S/C23H20O3/c1-24-15-26-22-13-7-12-21(25-2)23(22)20-14-16-8-3-4-9-17(16)18-10-5-6-11-19(18)20/h3-14H,15H2,1-2H3. The molecule has 0 N–H and O–H groups in total. The van der Waals surface area contributed by atoms with Crippen LogP contribution in [0.4, 0.5) is 0 Å². The SMILES string of the molecule is COCOc1cccc(OC)c1-c1cc2ccccc2c2ccccc12. The summed E-state index contributed by atoms with van der Waals surface area (Å²) in [5, 5.41) is 4.80. The fourth-order valence-corrected chi connectivity index (χ4v) is 3.45. The van der Waals surface area contributed by atoms with E-state index in [4.69, 9.17) is 14.2 Å². The minimum atomic E-state index is 0.186. The molecule has 4 rings (SSSR count). The average molecular weight is 344 g/mol. The highest BCUT2D eigenvalue weighted by Gasteiger charge is 2.17. The molecular formula is C23H20O3. The van der Waals surface area contributed by atoms with Crippen molar-refractivity contribution in [3.63, 3.8) is 0 Å². The van der Waals surface area contributed by atoms with Crippen molar-refractivity contribution in [2.24, 2.45) is 0 Å². The highest BCUT2D eigenvalue weighted by atomic mass is 16.7. The highest BCUT2D eigenvalue weighted by molar-refractivity contribution is 6.14. The van der Waals surface area contributed by atoms with Gasteiger partial charge in [0.1, 0.15) is 11.5 Å². The van der Waals surface area contributed by atoms with Crippen LogP contribution >= 0.6 is 0 Å². The van der Waals surface area contributed by atoms with Gasteiger partial charge < -0.3 is 14.2 Å². The first kappa shape index (κ1) is 16.4. The van der Waals surface area contributed by atoms with Gasteiger partial charge in [-0.1, -0.05) is 54.6 Å². The second kappa shape index (κ2) is 7.06. The van der Waals surface area contributed by atoms with Gasteiger partial charge in [-0.3, -0.25) is 0 Å². The third kappa shape index (κ3) is 2.76. The molecule has 0 saturated heterocycles. The third-order valence-corrected chi connectivity index (χ3v) is 4.58. The van der Waals surface area contributed by atoms with Crippen molar-refractivity contribution in [2.45, 2.75) is 0 Å². The van der Waals surface area contributed by atoms with E-state index in [1.807, 2.05) is 18.2 Å². The van der Waals surface area contributed by atoms with E-state index in [0.29, 0.717) is 0 Å². The lowest BCUT2D eigenvalue weighted by atomic mass is 9.92. The lowest BCUT2D eigenvalue weighted by Gasteiger charge is -2.17. The molecule has 3 heteroatoms. The van der Waals surface area contributed by atoms with E-state index in [-0.39, 0.29) is 6.79 Å². The summed E-state index contributed by atoms with van der Waals surface area (Å²) in [5.41, 5.74) is 2.02. The minimum absolute atomic E-state index is 0.186. The Hall–Kier alpha value is -3.04. The second-order valence-electron chi connectivity index (χ2n) is 6.08. The summed E-state index contributed by atoms with van der Waals surface area (Å²) in [6.45, 7) is 0.186. The van der Waals surface area contributed by atoms with Crippen molar-refractivity contribution >= 4 is 21.5 Å². The van der Waals surface area contributed by atoms with Crippen LogP contribution in [0.2, 0.25) is 0 Å². The highest BCUT2D eigenvalue weighted by Crippen LogP contribution is 2.43. The molecule has 0 amide bonds. The van der Waals surface area contributed by atoms with Crippen molar-refractivity contribution in [1.29, 1.82) is 0 Å². The van der Waals surface area contributed by atoms with Gasteiger partial charge in [-0.2, -0.15) is 0 Å². The predicted octanol–water partition coefficient (Wildman–Crippen LogP) is 5.65. The first-order chi connectivity index (χ1) is 12.8. The number of benzene rings is 4. The van der Waals surface area contributed by atoms with Crippen LogP contribution in [0.1, 0.15) is 0 Å². The third-order valence-electron chi connectivity index (χ3n) is 4.58. The van der Waals surface area contributed by atoms with Gasteiger partial charge in [-0.15, -0.1) is 0 Å². The summed E-state index contributed by atoms with van der Waals surface area (Å²) < 4.78 is 16.6. The molecule has 0 unspecified atom stereocenters. The molecular weight excluding hydrogens is 324 g/mol. The first-order valence-corrected chi connectivity index (χ1v) is 8.53. The topological polar surface area (TPSA) is 27.7 Å². The first-order valence-electron chi connectivity index (χ1n) is 8.53. The molecule has 0 aromatic heterocycles. The van der Waals surface area contributed by atoms with Crippen LogP contribution in [-0.4, -0.2) is 21.0 Å². The normalized spacial score (nSPS) is 11.0. The molecule has 0 aliphatic heterocycles. The number of hydrogen-bond acceptors (Lipinski definition) is 3. The Labute approximate surface area is 152 Å². The van der Waals surface area contributed by atoms with Crippen LogP contribution in [0.25, 0.3) is 32.7 Å². The summed E-state index contributed by atoms with van der Waals surface area (Å²) in [4.78, 5) is 0. The van der Waals surface area contributed by atoms with Gasteiger partial charge in [0.25, 0.3) is 0 Å². The fourth-order valence-electron chi connectivity index (χ4n) is 3.45. The van der Waals surface area contributed by atoms with Gasteiger partial charge in [0, 0.05) is 7.11 Å². The summed E-state index contributed by atoms with van der Waals surface area (Å²) >= 11 is 0. The molecule has 0 aliphatic rings. The molecule has 0 saturated carbocycles. The Morgan fingerprint density at radius 2 is 1.38 bits per heavy atom. The monoisotopic (exact) mass is 344 g/mol. The molecule has 26 heavy (non-hydrogen) atoms. The zero-order valence-electron chi connectivity index (χ0n) is 14.9. The van der Waals surface area contributed by atoms with Crippen molar-refractivity contribution < 1.29 is 14.2 Å². The molecule has 4 aromatic rings. The molecule has 0 fully saturated rings. The molecule has 0 heterocycles. The van der Waals surface area contributed by atoms with Crippen molar-refractivity contribution in [3.05, 3.63) is 72.8 Å². The number of fused-ring (bicyclic) bond motifs is 3. The quantitative estimate of drug-likeness (QED) is 0.346. The summed E-state index contributed by atoms with van der Waals surface area (Å²) in [6.07, 6.45) is 0. The molecule has 0 radical (unpaired) electrons. The molecule has 0 aliphatic carbocycles. The maximum Gasteiger partial charge on any atom is 0.188 e. The number of hydrogen-bond donors (Lipinski definition) is 0. The van der Waals surface area contributed by atoms with Crippen molar-refractivity contribution in [3.8, 4) is 22.6 Å². The fraction of sp³-hybridized carbons (Fsp3) is 0.130. The van der Waals surface area contributed by atoms with Gasteiger partial charge >= 0.3 is 0 Å². The number of methoxy groups -OCH3 is 2. The van der Waals surface area contributed by atoms with Crippen LogP contribution in [0.15, 0.2) is 72.8 Å². The van der Waals surface area contributed by atoms with Gasteiger partial charge in [-0.25, -0.2) is 0 Å². The predicted molar refractivity (Wildman–Crippen MR) is 106 cm³/mol. The summed E-state index contributed by atoms with van der Waals surface area (Å²) in [5.74, 6) is 1.52. The Morgan fingerprint density at radius 3 is 2.15 bits per heavy atom. The average Bonchev–Trinajstić information content (AvgIpc) is 2.71. The maximum atomic E-state index is 5.84. The number of ether oxygens (including phenoxy) is 3. The second-order valence-corrected chi connectivity index (χ2v) is 6.08. The van der Waals surface area contributed by atoms with Gasteiger partial charge in [-0.05, 0) is 45.3 Å². The lowest BCUT2D eigenvalue weighted by Crippen LogP contribution is -2.01. The van der Waals surface area contributed by atoms with E-state index in [9.17, 15) is 0 Å². The zero-order chi connectivity index (χ0) is 17.9. The molecule has 3 nitrogen and oxygen atoms in total. The van der Waals surface area contributed by atoms with E-state index < -0.39 is 0 Å². The molecule has 130 valence electrons. The molecule has 4 aromatic carbocycles. The zero-order valence-corrected chi connectivity index (χ0v) is 14.9. The van der Waals surface area contributed by atoms with E-state index in [0.717, 1.165) is 28.0 Å². The Kier molecular flexibility index (Phi) is 4.46. The smallest absolute Gasteiger partial charge is 0.188 e. The van der Waals surface area contributed by atoms with Crippen LogP contribution in [0.5, 0.6) is 11.5 Å². The van der Waals surface area contributed by atoms with Crippen molar-refractivity contribution in [2.75, 3.05) is 21.0 Å². The largest absolute Gasteiger partial charge is 0.496 e. The number of rotatable bonds is 5. The van der Waals surface area contributed by atoms with E-state index in [2.05, 4.69) is 54.6 Å². The van der Waals surface area contributed by atoms with E-state index in [1.165, 1.54) is 16.2 Å². The van der Waals surface area contributed by atoms with Gasteiger partial charge in [0.15, 0.2) is 6.79 Å².